The Morgan fingerprint density at radius 2 is 2.00 bits per heavy atom. The third-order valence-corrected chi connectivity index (χ3v) is 2.45. The molecule has 0 radical (unpaired) electrons. The molecule has 0 fully saturated rings. The topological polar surface area (TPSA) is 64.4 Å². The number of amides is 1. The standard InChI is InChI=1S/C13H20N2O2/c1-10(8-14)13(16)15-9-11(2)17-12-6-4-3-5-7-12/h3-7,10-11H,8-9,14H2,1-2H3,(H,15,16). The summed E-state index contributed by atoms with van der Waals surface area (Å²) in [7, 11) is 0. The summed E-state index contributed by atoms with van der Waals surface area (Å²) in [5.41, 5.74) is 5.41. The van der Waals surface area contributed by atoms with Crippen molar-refractivity contribution in [3.8, 4) is 5.75 Å². The molecule has 94 valence electrons. The van der Waals surface area contributed by atoms with Crippen LogP contribution in [-0.4, -0.2) is 25.1 Å². The molecule has 1 amide bonds. The molecule has 0 aromatic heterocycles. The van der Waals surface area contributed by atoms with Crippen molar-refractivity contribution in [1.29, 1.82) is 0 Å². The molecule has 0 saturated carbocycles. The Morgan fingerprint density at radius 3 is 2.59 bits per heavy atom. The molecular formula is C13H20N2O2. The van der Waals surface area contributed by atoms with Gasteiger partial charge in [0.2, 0.25) is 5.91 Å². The van der Waals surface area contributed by atoms with Crippen molar-refractivity contribution in [3.63, 3.8) is 0 Å². The molecule has 2 unspecified atom stereocenters. The summed E-state index contributed by atoms with van der Waals surface area (Å²) >= 11 is 0. The van der Waals surface area contributed by atoms with Gasteiger partial charge in [0, 0.05) is 12.5 Å². The van der Waals surface area contributed by atoms with E-state index in [-0.39, 0.29) is 17.9 Å². The molecule has 4 heteroatoms. The molecule has 1 aromatic rings. The summed E-state index contributed by atoms with van der Waals surface area (Å²) < 4.78 is 5.63. The fraction of sp³-hybridized carbons (Fsp3) is 0.462. The van der Waals surface area contributed by atoms with Gasteiger partial charge in [0.25, 0.3) is 0 Å². The highest BCUT2D eigenvalue weighted by molar-refractivity contribution is 5.78. The number of rotatable bonds is 6. The highest BCUT2D eigenvalue weighted by Gasteiger charge is 2.12. The molecule has 4 nitrogen and oxygen atoms in total. The van der Waals surface area contributed by atoms with Crippen molar-refractivity contribution >= 4 is 5.91 Å². The number of carbonyl (C=O) groups excluding carboxylic acids is 1. The Labute approximate surface area is 102 Å². The van der Waals surface area contributed by atoms with Crippen LogP contribution in [0.1, 0.15) is 13.8 Å². The predicted octanol–water partition coefficient (Wildman–Crippen LogP) is 1.16. The van der Waals surface area contributed by atoms with Gasteiger partial charge >= 0.3 is 0 Å². The molecule has 0 heterocycles. The third kappa shape index (κ3) is 4.87. The second-order valence-corrected chi connectivity index (χ2v) is 4.12. The first kappa shape index (κ1) is 13.5. The lowest BCUT2D eigenvalue weighted by atomic mass is 10.1. The lowest BCUT2D eigenvalue weighted by Gasteiger charge is -2.16. The van der Waals surface area contributed by atoms with Gasteiger partial charge < -0.3 is 15.8 Å². The van der Waals surface area contributed by atoms with Crippen LogP contribution in [0.2, 0.25) is 0 Å². The summed E-state index contributed by atoms with van der Waals surface area (Å²) in [6, 6.07) is 9.54. The lowest BCUT2D eigenvalue weighted by molar-refractivity contribution is -0.124. The van der Waals surface area contributed by atoms with Gasteiger partial charge in [-0.2, -0.15) is 0 Å². The van der Waals surface area contributed by atoms with Crippen LogP contribution in [0.3, 0.4) is 0 Å². The average Bonchev–Trinajstić information content (AvgIpc) is 2.36. The van der Waals surface area contributed by atoms with Gasteiger partial charge in [0.1, 0.15) is 11.9 Å². The number of ether oxygens (including phenoxy) is 1. The molecule has 1 aromatic carbocycles. The van der Waals surface area contributed by atoms with E-state index in [9.17, 15) is 4.79 Å². The Hall–Kier alpha value is -1.55. The molecule has 0 aliphatic heterocycles. The minimum Gasteiger partial charge on any atom is -0.489 e. The van der Waals surface area contributed by atoms with Gasteiger partial charge in [-0.15, -0.1) is 0 Å². The van der Waals surface area contributed by atoms with Gasteiger partial charge in [0.05, 0.1) is 6.54 Å². The maximum Gasteiger partial charge on any atom is 0.224 e. The summed E-state index contributed by atoms with van der Waals surface area (Å²) in [4.78, 5) is 11.5. The summed E-state index contributed by atoms with van der Waals surface area (Å²) in [6.07, 6.45) is -0.0636. The molecule has 0 spiro atoms. The quantitative estimate of drug-likeness (QED) is 0.779. The molecule has 1 rings (SSSR count). The smallest absolute Gasteiger partial charge is 0.224 e. The van der Waals surface area contributed by atoms with Crippen LogP contribution in [0.4, 0.5) is 0 Å². The number of para-hydroxylation sites is 1. The van der Waals surface area contributed by atoms with Crippen LogP contribution in [-0.2, 0) is 4.79 Å². The molecule has 0 aliphatic rings. The van der Waals surface area contributed by atoms with E-state index in [0.29, 0.717) is 13.1 Å². The monoisotopic (exact) mass is 236 g/mol. The summed E-state index contributed by atoms with van der Waals surface area (Å²) in [6.45, 7) is 4.57. The van der Waals surface area contributed by atoms with E-state index in [4.69, 9.17) is 10.5 Å². The van der Waals surface area contributed by atoms with Crippen molar-refractivity contribution in [2.45, 2.75) is 20.0 Å². The molecule has 17 heavy (non-hydrogen) atoms. The highest BCUT2D eigenvalue weighted by Crippen LogP contribution is 2.10. The molecule has 3 N–H and O–H groups in total. The Morgan fingerprint density at radius 1 is 1.35 bits per heavy atom. The van der Waals surface area contributed by atoms with Crippen molar-refractivity contribution in [3.05, 3.63) is 30.3 Å². The first-order valence-corrected chi connectivity index (χ1v) is 5.83. The highest BCUT2D eigenvalue weighted by atomic mass is 16.5. The van der Waals surface area contributed by atoms with E-state index in [1.54, 1.807) is 6.92 Å². The molecule has 0 saturated heterocycles. The molecule has 0 aliphatic carbocycles. The third-order valence-electron chi connectivity index (χ3n) is 2.45. The van der Waals surface area contributed by atoms with Gasteiger partial charge in [-0.25, -0.2) is 0 Å². The van der Waals surface area contributed by atoms with Crippen LogP contribution >= 0.6 is 0 Å². The van der Waals surface area contributed by atoms with Gasteiger partial charge in [0.15, 0.2) is 0 Å². The summed E-state index contributed by atoms with van der Waals surface area (Å²) in [5.74, 6) is 0.621. The van der Waals surface area contributed by atoms with E-state index < -0.39 is 0 Å². The first-order valence-electron chi connectivity index (χ1n) is 5.83. The summed E-state index contributed by atoms with van der Waals surface area (Å²) in [5, 5.41) is 2.81. The fourth-order valence-corrected chi connectivity index (χ4v) is 1.30. The number of hydrogen-bond donors (Lipinski definition) is 2. The zero-order valence-corrected chi connectivity index (χ0v) is 10.3. The number of benzene rings is 1. The van der Waals surface area contributed by atoms with Crippen molar-refractivity contribution in [2.24, 2.45) is 11.7 Å². The fourth-order valence-electron chi connectivity index (χ4n) is 1.30. The second kappa shape index (κ2) is 6.91. The maximum atomic E-state index is 11.5. The van der Waals surface area contributed by atoms with Crippen LogP contribution in [0.15, 0.2) is 30.3 Å². The zero-order chi connectivity index (χ0) is 12.7. The lowest BCUT2D eigenvalue weighted by Crippen LogP contribution is -2.38. The zero-order valence-electron chi connectivity index (χ0n) is 10.3. The largest absolute Gasteiger partial charge is 0.489 e. The maximum absolute atomic E-state index is 11.5. The van der Waals surface area contributed by atoms with Crippen molar-refractivity contribution in [2.75, 3.05) is 13.1 Å². The second-order valence-electron chi connectivity index (χ2n) is 4.12. The van der Waals surface area contributed by atoms with E-state index >= 15 is 0 Å². The normalized spacial score (nSPS) is 13.8. The van der Waals surface area contributed by atoms with Gasteiger partial charge in [-0.1, -0.05) is 25.1 Å². The van der Waals surface area contributed by atoms with Gasteiger partial charge in [-0.3, -0.25) is 4.79 Å². The Bertz CT molecular complexity index is 341. The predicted molar refractivity (Wildman–Crippen MR) is 67.8 cm³/mol. The van der Waals surface area contributed by atoms with Crippen molar-refractivity contribution < 1.29 is 9.53 Å². The van der Waals surface area contributed by atoms with Crippen LogP contribution in [0.5, 0.6) is 5.75 Å². The van der Waals surface area contributed by atoms with Crippen LogP contribution in [0, 0.1) is 5.92 Å². The van der Waals surface area contributed by atoms with Crippen molar-refractivity contribution in [1.82, 2.24) is 5.32 Å². The number of hydrogen-bond acceptors (Lipinski definition) is 3. The minimum absolute atomic E-state index is 0.0315. The average molecular weight is 236 g/mol. The Kier molecular flexibility index (Phi) is 5.49. The van der Waals surface area contributed by atoms with E-state index in [1.807, 2.05) is 37.3 Å². The number of nitrogens with two attached hydrogens (primary N) is 1. The first-order chi connectivity index (χ1) is 8.13. The van der Waals surface area contributed by atoms with E-state index in [1.165, 1.54) is 0 Å². The SMILES string of the molecule is CC(CNC(=O)C(C)CN)Oc1ccccc1. The van der Waals surface area contributed by atoms with E-state index in [0.717, 1.165) is 5.75 Å². The number of carbonyl (C=O) groups is 1. The van der Waals surface area contributed by atoms with Crippen LogP contribution in [0.25, 0.3) is 0 Å². The molecule has 2 atom stereocenters. The van der Waals surface area contributed by atoms with Gasteiger partial charge in [-0.05, 0) is 19.1 Å². The molecular weight excluding hydrogens is 216 g/mol. The molecule has 0 bridgehead atoms. The Balaban J connectivity index is 2.31. The number of nitrogens with one attached hydrogen (secondary N) is 1. The van der Waals surface area contributed by atoms with E-state index in [2.05, 4.69) is 5.32 Å². The minimum atomic E-state index is -0.154. The van der Waals surface area contributed by atoms with Crippen LogP contribution < -0.4 is 15.8 Å².